The highest BCUT2D eigenvalue weighted by atomic mass is 16.5. The first-order valence-electron chi connectivity index (χ1n) is 6.62. The average Bonchev–Trinajstić information content (AvgIpc) is 2.47. The van der Waals surface area contributed by atoms with Gasteiger partial charge >= 0.3 is 0 Å². The van der Waals surface area contributed by atoms with Crippen LogP contribution in [0.1, 0.15) is 18.1 Å². The summed E-state index contributed by atoms with van der Waals surface area (Å²) in [5.74, 6) is 1.46. The minimum Gasteiger partial charge on any atom is -0.493 e. The fourth-order valence-corrected chi connectivity index (χ4v) is 2.34. The summed E-state index contributed by atoms with van der Waals surface area (Å²) < 4.78 is 10.6. The van der Waals surface area contributed by atoms with E-state index in [1.807, 2.05) is 43.3 Å². The molecular formula is C17H21NO2. The van der Waals surface area contributed by atoms with E-state index < -0.39 is 5.54 Å². The van der Waals surface area contributed by atoms with Gasteiger partial charge in [0.2, 0.25) is 0 Å². The molecule has 0 aliphatic rings. The highest BCUT2D eigenvalue weighted by Crippen LogP contribution is 2.30. The van der Waals surface area contributed by atoms with Gasteiger partial charge in [-0.3, -0.25) is 0 Å². The van der Waals surface area contributed by atoms with Crippen molar-refractivity contribution in [2.45, 2.75) is 18.9 Å². The van der Waals surface area contributed by atoms with Gasteiger partial charge in [-0.15, -0.1) is 0 Å². The van der Waals surface area contributed by atoms with Gasteiger partial charge in [0.25, 0.3) is 0 Å². The summed E-state index contributed by atoms with van der Waals surface area (Å²) in [4.78, 5) is 0. The molecule has 2 aromatic carbocycles. The van der Waals surface area contributed by atoms with Crippen LogP contribution >= 0.6 is 0 Å². The molecule has 1 atom stereocenters. The molecule has 0 aliphatic heterocycles. The van der Waals surface area contributed by atoms with Gasteiger partial charge in [-0.1, -0.05) is 36.4 Å². The Hall–Kier alpha value is -2.00. The molecule has 3 nitrogen and oxygen atoms in total. The molecule has 2 N–H and O–H groups in total. The van der Waals surface area contributed by atoms with Gasteiger partial charge < -0.3 is 15.2 Å². The maximum atomic E-state index is 6.46. The number of hydrogen-bond donors (Lipinski definition) is 1. The predicted octanol–water partition coefficient (Wildman–Crippen LogP) is 3.12. The maximum absolute atomic E-state index is 6.46. The van der Waals surface area contributed by atoms with E-state index in [1.165, 1.54) is 0 Å². The van der Waals surface area contributed by atoms with Crippen molar-refractivity contribution in [3.05, 3.63) is 59.7 Å². The third kappa shape index (κ3) is 3.11. The van der Waals surface area contributed by atoms with E-state index in [0.29, 0.717) is 0 Å². The lowest BCUT2D eigenvalue weighted by Crippen LogP contribution is -2.35. The number of hydrogen-bond acceptors (Lipinski definition) is 3. The fourth-order valence-electron chi connectivity index (χ4n) is 2.34. The lowest BCUT2D eigenvalue weighted by Gasteiger charge is -2.25. The van der Waals surface area contributed by atoms with Crippen molar-refractivity contribution >= 4 is 0 Å². The zero-order valence-electron chi connectivity index (χ0n) is 12.2. The van der Waals surface area contributed by atoms with Gasteiger partial charge in [0.15, 0.2) is 11.5 Å². The largest absolute Gasteiger partial charge is 0.493 e. The topological polar surface area (TPSA) is 44.5 Å². The molecule has 2 aromatic rings. The van der Waals surface area contributed by atoms with Crippen LogP contribution in [0.3, 0.4) is 0 Å². The van der Waals surface area contributed by atoms with Crippen molar-refractivity contribution < 1.29 is 9.47 Å². The van der Waals surface area contributed by atoms with Crippen molar-refractivity contribution in [2.75, 3.05) is 14.2 Å². The Labute approximate surface area is 120 Å². The molecule has 0 saturated heterocycles. The Morgan fingerprint density at radius 3 is 2.20 bits per heavy atom. The smallest absolute Gasteiger partial charge is 0.160 e. The number of methoxy groups -OCH3 is 2. The molecule has 0 aliphatic carbocycles. The van der Waals surface area contributed by atoms with E-state index in [1.54, 1.807) is 14.2 Å². The van der Waals surface area contributed by atoms with Crippen LogP contribution in [0.4, 0.5) is 0 Å². The van der Waals surface area contributed by atoms with E-state index in [9.17, 15) is 0 Å². The molecule has 0 spiro atoms. The summed E-state index contributed by atoms with van der Waals surface area (Å²) in [5.41, 5.74) is 8.29. The van der Waals surface area contributed by atoms with Crippen LogP contribution in [0, 0.1) is 0 Å². The summed E-state index contributed by atoms with van der Waals surface area (Å²) in [6.45, 7) is 2.04. The van der Waals surface area contributed by atoms with Crippen LogP contribution in [0.5, 0.6) is 11.5 Å². The van der Waals surface area contributed by atoms with Crippen molar-refractivity contribution in [3.63, 3.8) is 0 Å². The second-order valence-electron chi connectivity index (χ2n) is 5.15. The van der Waals surface area contributed by atoms with E-state index in [4.69, 9.17) is 15.2 Å². The molecule has 0 heterocycles. The molecule has 20 heavy (non-hydrogen) atoms. The quantitative estimate of drug-likeness (QED) is 0.908. The molecule has 0 amide bonds. The molecule has 3 heteroatoms. The third-order valence-electron chi connectivity index (χ3n) is 3.45. The van der Waals surface area contributed by atoms with E-state index in [-0.39, 0.29) is 0 Å². The number of nitrogens with two attached hydrogens (primary N) is 1. The summed E-state index contributed by atoms with van der Waals surface area (Å²) >= 11 is 0. The second-order valence-corrected chi connectivity index (χ2v) is 5.15. The van der Waals surface area contributed by atoms with Gasteiger partial charge in [-0.25, -0.2) is 0 Å². The Morgan fingerprint density at radius 1 is 0.950 bits per heavy atom. The van der Waals surface area contributed by atoms with Gasteiger partial charge in [-0.2, -0.15) is 0 Å². The number of benzene rings is 2. The molecule has 1 unspecified atom stereocenters. The molecule has 2 rings (SSSR count). The first kappa shape index (κ1) is 14.4. The molecular weight excluding hydrogens is 250 g/mol. The average molecular weight is 271 g/mol. The minimum absolute atomic E-state index is 0.416. The van der Waals surface area contributed by atoms with Crippen LogP contribution in [0.25, 0.3) is 0 Å². The molecule has 0 radical (unpaired) electrons. The lowest BCUT2D eigenvalue weighted by molar-refractivity contribution is 0.354. The molecule has 0 saturated carbocycles. The molecule has 106 valence electrons. The van der Waals surface area contributed by atoms with Gasteiger partial charge in [0, 0.05) is 5.54 Å². The minimum atomic E-state index is -0.416. The second kappa shape index (κ2) is 5.97. The Balaban J connectivity index is 2.25. The van der Waals surface area contributed by atoms with Crippen LogP contribution in [0.15, 0.2) is 48.5 Å². The number of rotatable bonds is 5. The van der Waals surface area contributed by atoms with Crippen LogP contribution < -0.4 is 15.2 Å². The first-order chi connectivity index (χ1) is 9.56. The first-order valence-corrected chi connectivity index (χ1v) is 6.62. The Morgan fingerprint density at radius 2 is 1.60 bits per heavy atom. The van der Waals surface area contributed by atoms with E-state index in [0.717, 1.165) is 29.0 Å². The lowest BCUT2D eigenvalue weighted by atomic mass is 9.86. The van der Waals surface area contributed by atoms with Crippen LogP contribution in [-0.4, -0.2) is 14.2 Å². The summed E-state index contributed by atoms with van der Waals surface area (Å²) in [7, 11) is 3.27. The van der Waals surface area contributed by atoms with Crippen LogP contribution in [0.2, 0.25) is 0 Å². The molecule has 0 aromatic heterocycles. The van der Waals surface area contributed by atoms with Crippen molar-refractivity contribution in [2.24, 2.45) is 5.73 Å². The van der Waals surface area contributed by atoms with Gasteiger partial charge in [-0.05, 0) is 36.6 Å². The number of ether oxygens (including phenoxy) is 2. The van der Waals surface area contributed by atoms with Crippen molar-refractivity contribution in [1.29, 1.82) is 0 Å². The van der Waals surface area contributed by atoms with Gasteiger partial charge in [0.1, 0.15) is 0 Å². The Kier molecular flexibility index (Phi) is 4.30. The molecule has 0 bridgehead atoms. The summed E-state index contributed by atoms with van der Waals surface area (Å²) in [5, 5.41) is 0. The molecule has 0 fully saturated rings. The van der Waals surface area contributed by atoms with Crippen molar-refractivity contribution in [3.8, 4) is 11.5 Å². The third-order valence-corrected chi connectivity index (χ3v) is 3.45. The summed E-state index contributed by atoms with van der Waals surface area (Å²) in [6.07, 6.45) is 0.733. The highest BCUT2D eigenvalue weighted by molar-refractivity contribution is 5.43. The van der Waals surface area contributed by atoms with E-state index in [2.05, 4.69) is 12.1 Å². The van der Waals surface area contributed by atoms with Crippen molar-refractivity contribution in [1.82, 2.24) is 0 Å². The normalized spacial score (nSPS) is 13.6. The Bertz CT molecular complexity index is 564. The zero-order valence-corrected chi connectivity index (χ0v) is 12.2. The monoisotopic (exact) mass is 271 g/mol. The van der Waals surface area contributed by atoms with E-state index >= 15 is 0 Å². The SMILES string of the molecule is COc1ccc(CC(C)(N)c2ccccc2)cc1OC. The van der Waals surface area contributed by atoms with Crippen LogP contribution in [-0.2, 0) is 12.0 Å². The fraction of sp³-hybridized carbons (Fsp3) is 0.294. The standard InChI is InChI=1S/C17H21NO2/c1-17(18,14-7-5-4-6-8-14)12-13-9-10-15(19-2)16(11-13)20-3/h4-11H,12,18H2,1-3H3. The highest BCUT2D eigenvalue weighted by Gasteiger charge is 2.22. The summed E-state index contributed by atoms with van der Waals surface area (Å²) in [6, 6.07) is 16.0. The van der Waals surface area contributed by atoms with Gasteiger partial charge in [0.05, 0.1) is 14.2 Å². The predicted molar refractivity (Wildman–Crippen MR) is 81.2 cm³/mol. The zero-order chi connectivity index (χ0) is 14.6. The maximum Gasteiger partial charge on any atom is 0.160 e.